The zero-order chi connectivity index (χ0) is 22.1. The van der Waals surface area contributed by atoms with Crippen molar-refractivity contribution in [1.29, 1.82) is 0 Å². The first-order valence-corrected chi connectivity index (χ1v) is 10.6. The van der Waals surface area contributed by atoms with Crippen LogP contribution in [-0.2, 0) is 31.6 Å². The van der Waals surface area contributed by atoms with E-state index in [1.54, 1.807) is 36.4 Å². The first-order chi connectivity index (χ1) is 14.3. The van der Waals surface area contributed by atoms with E-state index in [0.29, 0.717) is 4.90 Å². The van der Waals surface area contributed by atoms with Crippen LogP contribution in [0.2, 0.25) is 0 Å². The molecule has 0 saturated heterocycles. The molecule has 7 nitrogen and oxygen atoms in total. The molecule has 2 aromatic carbocycles. The van der Waals surface area contributed by atoms with Crippen molar-refractivity contribution in [3.05, 3.63) is 66.0 Å². The van der Waals surface area contributed by atoms with Gasteiger partial charge in [-0.05, 0) is 30.2 Å². The SMILES string of the molecule is CC(=O)N[C@@H](Cc1ccccc1F)C(=O)N[C@@H](CC[S@](=O)c1ccccc1)C(=O)O. The fraction of sp³-hybridized carbons (Fsp3) is 0.286. The molecule has 30 heavy (non-hydrogen) atoms. The molecule has 0 aliphatic rings. The maximum absolute atomic E-state index is 13.9. The van der Waals surface area contributed by atoms with Crippen molar-refractivity contribution in [2.45, 2.75) is 36.7 Å². The minimum absolute atomic E-state index is 0.0272. The average molecular weight is 434 g/mol. The summed E-state index contributed by atoms with van der Waals surface area (Å²) in [5, 5.41) is 14.2. The number of hydrogen-bond donors (Lipinski definition) is 3. The van der Waals surface area contributed by atoms with E-state index in [0.717, 1.165) is 0 Å². The summed E-state index contributed by atoms with van der Waals surface area (Å²) in [6.45, 7) is 1.21. The van der Waals surface area contributed by atoms with Crippen LogP contribution in [0.5, 0.6) is 0 Å². The summed E-state index contributed by atoms with van der Waals surface area (Å²) in [4.78, 5) is 36.3. The Hall–Kier alpha value is -3.07. The van der Waals surface area contributed by atoms with Crippen molar-refractivity contribution in [2.75, 3.05) is 5.75 Å². The molecule has 2 rings (SSSR count). The fourth-order valence-electron chi connectivity index (χ4n) is 2.78. The molecule has 0 radical (unpaired) electrons. The van der Waals surface area contributed by atoms with Gasteiger partial charge in [0.15, 0.2) is 0 Å². The zero-order valence-corrected chi connectivity index (χ0v) is 17.2. The molecule has 0 saturated carbocycles. The standard InChI is InChI=1S/C21H23FN2O5S/c1-14(25)23-19(13-15-7-5-6-10-17(15)22)20(26)24-18(21(27)28)11-12-30(29)16-8-3-2-4-9-16/h2-10,18-19H,11-13H2,1H3,(H,23,25)(H,24,26)(H,27,28)/t18-,19-,30-/m0/s1. The van der Waals surface area contributed by atoms with Crippen LogP contribution in [0.4, 0.5) is 4.39 Å². The number of carbonyl (C=O) groups excluding carboxylic acids is 2. The van der Waals surface area contributed by atoms with Gasteiger partial charge in [0, 0.05) is 24.0 Å². The highest BCUT2D eigenvalue weighted by molar-refractivity contribution is 7.85. The second kappa shape index (κ2) is 11.2. The normalized spacial score (nSPS) is 13.7. The van der Waals surface area contributed by atoms with Crippen molar-refractivity contribution in [1.82, 2.24) is 10.6 Å². The molecular weight excluding hydrogens is 411 g/mol. The second-order valence-electron chi connectivity index (χ2n) is 6.60. The predicted octanol–water partition coefficient (Wildman–Crippen LogP) is 1.64. The number of benzene rings is 2. The number of rotatable bonds is 10. The number of aliphatic carboxylic acids is 1. The Morgan fingerprint density at radius 2 is 1.63 bits per heavy atom. The van der Waals surface area contributed by atoms with Gasteiger partial charge in [-0.3, -0.25) is 13.8 Å². The molecule has 2 aromatic rings. The summed E-state index contributed by atoms with van der Waals surface area (Å²) in [5.74, 6) is -3.07. The van der Waals surface area contributed by atoms with Gasteiger partial charge in [-0.2, -0.15) is 0 Å². The Morgan fingerprint density at radius 3 is 2.23 bits per heavy atom. The van der Waals surface area contributed by atoms with Crippen molar-refractivity contribution in [3.63, 3.8) is 0 Å². The first-order valence-electron chi connectivity index (χ1n) is 9.25. The van der Waals surface area contributed by atoms with Crippen molar-refractivity contribution in [2.24, 2.45) is 0 Å². The lowest BCUT2D eigenvalue weighted by Gasteiger charge is -2.21. The van der Waals surface area contributed by atoms with Gasteiger partial charge in [-0.15, -0.1) is 0 Å². The number of carboxylic acid groups (broad SMARTS) is 1. The highest BCUT2D eigenvalue weighted by Crippen LogP contribution is 2.11. The molecule has 0 aromatic heterocycles. The maximum atomic E-state index is 13.9. The van der Waals surface area contributed by atoms with Crippen LogP contribution in [0.3, 0.4) is 0 Å². The Morgan fingerprint density at radius 1 is 1.00 bits per heavy atom. The van der Waals surface area contributed by atoms with Crippen LogP contribution in [-0.4, -0.2) is 44.9 Å². The Kier molecular flexibility index (Phi) is 8.67. The van der Waals surface area contributed by atoms with Gasteiger partial charge < -0.3 is 15.7 Å². The van der Waals surface area contributed by atoms with Gasteiger partial charge in [-0.25, -0.2) is 9.18 Å². The summed E-state index contributed by atoms with van der Waals surface area (Å²) < 4.78 is 26.3. The van der Waals surface area contributed by atoms with E-state index in [9.17, 15) is 28.1 Å². The lowest BCUT2D eigenvalue weighted by molar-refractivity contribution is -0.142. The molecule has 0 heterocycles. The Balaban J connectivity index is 2.06. The van der Waals surface area contributed by atoms with E-state index < -0.39 is 46.5 Å². The van der Waals surface area contributed by atoms with E-state index in [1.807, 2.05) is 0 Å². The van der Waals surface area contributed by atoms with E-state index in [2.05, 4.69) is 10.6 Å². The number of carboxylic acids is 1. The summed E-state index contributed by atoms with van der Waals surface area (Å²) in [5.41, 5.74) is 0.212. The second-order valence-corrected chi connectivity index (χ2v) is 8.17. The number of carbonyl (C=O) groups is 3. The monoisotopic (exact) mass is 434 g/mol. The van der Waals surface area contributed by atoms with Gasteiger partial charge in [-0.1, -0.05) is 36.4 Å². The van der Waals surface area contributed by atoms with Crippen LogP contribution >= 0.6 is 0 Å². The largest absolute Gasteiger partial charge is 0.480 e. The first kappa shape index (κ1) is 23.2. The molecule has 160 valence electrons. The number of halogens is 1. The number of hydrogen-bond acceptors (Lipinski definition) is 4. The lowest BCUT2D eigenvalue weighted by atomic mass is 10.0. The molecule has 2 amide bonds. The molecule has 3 atom stereocenters. The predicted molar refractivity (Wildman–Crippen MR) is 110 cm³/mol. The smallest absolute Gasteiger partial charge is 0.326 e. The summed E-state index contributed by atoms with van der Waals surface area (Å²) in [6.07, 6.45) is -0.213. The van der Waals surface area contributed by atoms with E-state index in [4.69, 9.17) is 0 Å². The van der Waals surface area contributed by atoms with Gasteiger partial charge in [0.05, 0.1) is 10.8 Å². The average Bonchev–Trinajstić information content (AvgIpc) is 2.71. The van der Waals surface area contributed by atoms with E-state index >= 15 is 0 Å². The van der Waals surface area contributed by atoms with Crippen molar-refractivity contribution in [3.8, 4) is 0 Å². The fourth-order valence-corrected chi connectivity index (χ4v) is 3.93. The van der Waals surface area contributed by atoms with Gasteiger partial charge in [0.25, 0.3) is 0 Å². The highest BCUT2D eigenvalue weighted by Gasteiger charge is 2.27. The molecule has 9 heteroatoms. The van der Waals surface area contributed by atoms with Gasteiger partial charge in [0.1, 0.15) is 17.9 Å². The third kappa shape index (κ3) is 7.07. The summed E-state index contributed by atoms with van der Waals surface area (Å²) >= 11 is 0. The van der Waals surface area contributed by atoms with Crippen LogP contribution in [0, 0.1) is 5.82 Å². The zero-order valence-electron chi connectivity index (χ0n) is 16.3. The van der Waals surface area contributed by atoms with E-state index in [1.165, 1.54) is 25.1 Å². The number of amides is 2. The quantitative estimate of drug-likeness (QED) is 0.526. The molecule has 0 bridgehead atoms. The Bertz CT molecular complexity index is 923. The van der Waals surface area contributed by atoms with Crippen molar-refractivity contribution < 1.29 is 28.1 Å². The topological polar surface area (TPSA) is 113 Å². The third-order valence-electron chi connectivity index (χ3n) is 4.29. The number of nitrogens with one attached hydrogen (secondary N) is 2. The summed E-state index contributed by atoms with van der Waals surface area (Å²) in [6, 6.07) is 11.9. The summed E-state index contributed by atoms with van der Waals surface area (Å²) in [7, 11) is -1.42. The molecule has 0 aliphatic heterocycles. The van der Waals surface area contributed by atoms with Crippen LogP contribution < -0.4 is 10.6 Å². The lowest BCUT2D eigenvalue weighted by Crippen LogP contribution is -2.52. The van der Waals surface area contributed by atoms with E-state index in [-0.39, 0.29) is 24.2 Å². The third-order valence-corrected chi connectivity index (χ3v) is 5.69. The molecule has 0 fully saturated rings. The molecular formula is C21H23FN2O5S. The van der Waals surface area contributed by atoms with Crippen LogP contribution in [0.25, 0.3) is 0 Å². The molecule has 0 unspecified atom stereocenters. The highest BCUT2D eigenvalue weighted by atomic mass is 32.2. The van der Waals surface area contributed by atoms with Crippen LogP contribution in [0.15, 0.2) is 59.5 Å². The molecule has 0 spiro atoms. The Labute approximate surface area is 176 Å². The van der Waals surface area contributed by atoms with Gasteiger partial charge >= 0.3 is 5.97 Å². The van der Waals surface area contributed by atoms with Crippen molar-refractivity contribution >= 4 is 28.6 Å². The maximum Gasteiger partial charge on any atom is 0.326 e. The minimum atomic E-state index is -1.42. The van der Waals surface area contributed by atoms with Gasteiger partial charge in [0.2, 0.25) is 11.8 Å². The molecule has 0 aliphatic carbocycles. The molecule has 3 N–H and O–H groups in total. The minimum Gasteiger partial charge on any atom is -0.480 e. The van der Waals surface area contributed by atoms with Crippen LogP contribution in [0.1, 0.15) is 18.9 Å².